The van der Waals surface area contributed by atoms with Crippen LogP contribution in [0.1, 0.15) is 51.2 Å². The summed E-state index contributed by atoms with van der Waals surface area (Å²) in [5, 5.41) is 12.7. The van der Waals surface area contributed by atoms with E-state index >= 15 is 0 Å². The fourth-order valence-electron chi connectivity index (χ4n) is 4.26. The Bertz CT molecular complexity index is 1000. The third-order valence-electron chi connectivity index (χ3n) is 5.52. The van der Waals surface area contributed by atoms with Gasteiger partial charge in [-0.05, 0) is 74.6 Å². The molecule has 0 aromatic heterocycles. The average Bonchev–Trinajstić information content (AvgIpc) is 2.67. The number of halogens is 1. The van der Waals surface area contributed by atoms with E-state index in [1.54, 1.807) is 30.3 Å². The van der Waals surface area contributed by atoms with E-state index in [1.165, 1.54) is 11.3 Å². The predicted octanol–water partition coefficient (Wildman–Crippen LogP) is 6.00. The van der Waals surface area contributed by atoms with Crippen LogP contribution in [-0.2, 0) is 4.79 Å². The van der Waals surface area contributed by atoms with Crippen molar-refractivity contribution in [1.82, 2.24) is 0 Å². The molecule has 0 spiro atoms. The number of amides is 1. The molecule has 0 saturated carbocycles. The van der Waals surface area contributed by atoms with E-state index in [4.69, 9.17) is 11.6 Å². The van der Waals surface area contributed by atoms with Crippen molar-refractivity contribution < 1.29 is 4.79 Å². The van der Waals surface area contributed by atoms with Crippen LogP contribution in [0.15, 0.2) is 48.0 Å². The molecule has 1 amide bonds. The number of nitriles is 1. The van der Waals surface area contributed by atoms with Crippen LogP contribution in [0.3, 0.4) is 0 Å². The SMILES string of the molecule is CCN1c2ccc(/C=C(/C#N)C(=O)Nc3ccccc3Cl)cc2[C@H](C)CC1(C)C. The Labute approximate surface area is 177 Å². The number of rotatable bonds is 4. The molecular weight excluding hydrogens is 382 g/mol. The predicted molar refractivity (Wildman–Crippen MR) is 120 cm³/mol. The van der Waals surface area contributed by atoms with Crippen LogP contribution >= 0.6 is 11.6 Å². The molecule has 1 N–H and O–H groups in total. The number of hydrogen-bond acceptors (Lipinski definition) is 3. The maximum absolute atomic E-state index is 12.6. The van der Waals surface area contributed by atoms with Gasteiger partial charge in [0.25, 0.3) is 5.91 Å². The van der Waals surface area contributed by atoms with Crippen LogP contribution < -0.4 is 10.2 Å². The third kappa shape index (κ3) is 4.31. The summed E-state index contributed by atoms with van der Waals surface area (Å²) in [5.41, 5.74) is 3.96. The van der Waals surface area contributed by atoms with E-state index < -0.39 is 5.91 Å². The number of anilines is 2. The van der Waals surface area contributed by atoms with Crippen molar-refractivity contribution in [2.75, 3.05) is 16.8 Å². The number of benzene rings is 2. The first-order chi connectivity index (χ1) is 13.8. The van der Waals surface area contributed by atoms with Crippen molar-refractivity contribution in [1.29, 1.82) is 5.26 Å². The minimum absolute atomic E-state index is 0.0426. The zero-order chi connectivity index (χ0) is 21.2. The summed E-state index contributed by atoms with van der Waals surface area (Å²) in [7, 11) is 0. The van der Waals surface area contributed by atoms with Gasteiger partial charge in [-0.25, -0.2) is 0 Å². The third-order valence-corrected chi connectivity index (χ3v) is 5.85. The molecular formula is C24H26ClN3O. The van der Waals surface area contributed by atoms with Gasteiger partial charge in [0.2, 0.25) is 0 Å². The van der Waals surface area contributed by atoms with E-state index in [2.05, 4.69) is 50.0 Å². The number of hydrogen-bond donors (Lipinski definition) is 1. The van der Waals surface area contributed by atoms with E-state index in [0.29, 0.717) is 16.6 Å². The highest BCUT2D eigenvalue weighted by atomic mass is 35.5. The zero-order valence-corrected chi connectivity index (χ0v) is 18.0. The van der Waals surface area contributed by atoms with Gasteiger partial charge in [-0.2, -0.15) is 5.26 Å². The fourth-order valence-corrected chi connectivity index (χ4v) is 4.45. The lowest BCUT2D eigenvalue weighted by Gasteiger charge is -2.47. The van der Waals surface area contributed by atoms with Crippen molar-refractivity contribution >= 4 is 35.0 Å². The van der Waals surface area contributed by atoms with Gasteiger partial charge >= 0.3 is 0 Å². The summed E-state index contributed by atoms with van der Waals surface area (Å²) in [6.45, 7) is 9.89. The van der Waals surface area contributed by atoms with E-state index in [0.717, 1.165) is 18.5 Å². The van der Waals surface area contributed by atoms with Gasteiger partial charge in [-0.1, -0.05) is 36.7 Å². The van der Waals surface area contributed by atoms with E-state index in [1.807, 2.05) is 12.1 Å². The van der Waals surface area contributed by atoms with Gasteiger partial charge in [0.05, 0.1) is 10.7 Å². The van der Waals surface area contributed by atoms with E-state index in [9.17, 15) is 10.1 Å². The average molecular weight is 408 g/mol. The first-order valence-electron chi connectivity index (χ1n) is 9.86. The molecule has 1 heterocycles. The highest BCUT2D eigenvalue weighted by molar-refractivity contribution is 6.34. The molecule has 0 unspecified atom stereocenters. The van der Waals surface area contributed by atoms with Crippen molar-refractivity contribution in [3.63, 3.8) is 0 Å². The molecule has 0 fully saturated rings. The Morgan fingerprint density at radius 3 is 2.72 bits per heavy atom. The molecule has 150 valence electrons. The number of fused-ring (bicyclic) bond motifs is 1. The fraction of sp³-hybridized carbons (Fsp3) is 0.333. The topological polar surface area (TPSA) is 56.1 Å². The number of nitrogens with one attached hydrogen (secondary N) is 1. The molecule has 3 rings (SSSR count). The molecule has 0 bridgehead atoms. The number of carbonyl (C=O) groups excluding carboxylic acids is 1. The molecule has 0 radical (unpaired) electrons. The highest BCUT2D eigenvalue weighted by Gasteiger charge is 2.35. The molecule has 2 aromatic rings. The summed E-state index contributed by atoms with van der Waals surface area (Å²) in [4.78, 5) is 15.0. The lowest BCUT2D eigenvalue weighted by molar-refractivity contribution is -0.112. The molecule has 4 nitrogen and oxygen atoms in total. The summed E-state index contributed by atoms with van der Waals surface area (Å²) in [6, 6.07) is 15.1. The number of para-hydroxylation sites is 1. The smallest absolute Gasteiger partial charge is 0.266 e. The van der Waals surface area contributed by atoms with Gasteiger partial charge in [0.1, 0.15) is 11.6 Å². The second-order valence-electron chi connectivity index (χ2n) is 8.08. The highest BCUT2D eigenvalue weighted by Crippen LogP contribution is 2.43. The van der Waals surface area contributed by atoms with Gasteiger partial charge < -0.3 is 10.2 Å². The van der Waals surface area contributed by atoms with Gasteiger partial charge in [-0.15, -0.1) is 0 Å². The lowest BCUT2D eigenvalue weighted by atomic mass is 9.79. The Hall–Kier alpha value is -2.77. The van der Waals surface area contributed by atoms with Gasteiger partial charge in [-0.3, -0.25) is 4.79 Å². The first kappa shape index (κ1) is 21.0. The maximum atomic E-state index is 12.6. The largest absolute Gasteiger partial charge is 0.366 e. The Balaban J connectivity index is 1.91. The first-order valence-corrected chi connectivity index (χ1v) is 10.2. The molecule has 1 atom stereocenters. The van der Waals surface area contributed by atoms with Gasteiger partial charge in [0, 0.05) is 17.8 Å². The van der Waals surface area contributed by atoms with Crippen LogP contribution in [0, 0.1) is 11.3 Å². The lowest BCUT2D eigenvalue weighted by Crippen LogP contribution is -2.48. The van der Waals surface area contributed by atoms with Crippen LogP contribution in [0.25, 0.3) is 6.08 Å². The molecule has 1 aliphatic heterocycles. The summed E-state index contributed by atoms with van der Waals surface area (Å²) in [6.07, 6.45) is 2.69. The minimum atomic E-state index is -0.470. The molecule has 29 heavy (non-hydrogen) atoms. The summed E-state index contributed by atoms with van der Waals surface area (Å²) >= 11 is 6.10. The second kappa shape index (κ2) is 8.31. The maximum Gasteiger partial charge on any atom is 0.266 e. The normalized spacial score (nSPS) is 18.0. The minimum Gasteiger partial charge on any atom is -0.366 e. The quantitative estimate of drug-likeness (QED) is 0.499. The van der Waals surface area contributed by atoms with Gasteiger partial charge in [0.15, 0.2) is 0 Å². The molecule has 1 aliphatic rings. The molecule has 0 saturated heterocycles. The van der Waals surface area contributed by atoms with Crippen LogP contribution in [0.4, 0.5) is 11.4 Å². The Morgan fingerprint density at radius 1 is 1.34 bits per heavy atom. The van der Waals surface area contributed by atoms with Crippen molar-refractivity contribution in [2.24, 2.45) is 0 Å². The Morgan fingerprint density at radius 2 is 2.07 bits per heavy atom. The van der Waals surface area contributed by atoms with Crippen molar-refractivity contribution in [3.05, 3.63) is 64.2 Å². The van der Waals surface area contributed by atoms with E-state index in [-0.39, 0.29) is 11.1 Å². The zero-order valence-electron chi connectivity index (χ0n) is 17.3. The molecule has 2 aromatic carbocycles. The Kier molecular flexibility index (Phi) is 6.00. The summed E-state index contributed by atoms with van der Waals surface area (Å²) in [5.74, 6) is -0.0682. The number of carbonyl (C=O) groups is 1. The monoisotopic (exact) mass is 407 g/mol. The molecule has 0 aliphatic carbocycles. The van der Waals surface area contributed by atoms with Crippen LogP contribution in [0.2, 0.25) is 5.02 Å². The molecule has 5 heteroatoms. The summed E-state index contributed by atoms with van der Waals surface area (Å²) < 4.78 is 0. The van der Waals surface area contributed by atoms with Crippen LogP contribution in [-0.4, -0.2) is 18.0 Å². The van der Waals surface area contributed by atoms with Crippen molar-refractivity contribution in [2.45, 2.75) is 45.6 Å². The van der Waals surface area contributed by atoms with Crippen molar-refractivity contribution in [3.8, 4) is 6.07 Å². The van der Waals surface area contributed by atoms with Crippen LogP contribution in [0.5, 0.6) is 0 Å². The number of nitrogens with zero attached hydrogens (tertiary/aromatic N) is 2. The second-order valence-corrected chi connectivity index (χ2v) is 8.49. The standard InChI is InChI=1S/C24H26ClN3O/c1-5-28-22-11-10-17(13-19(22)16(2)14-24(28,3)4)12-18(15-26)23(29)27-21-9-7-6-8-20(21)25/h6-13,16H,5,14H2,1-4H3,(H,27,29)/b18-12-/t16-/m1/s1.